The van der Waals surface area contributed by atoms with E-state index < -0.39 is 0 Å². The van der Waals surface area contributed by atoms with Crippen LogP contribution in [0.15, 0.2) is 18.2 Å². The van der Waals surface area contributed by atoms with Crippen molar-refractivity contribution in [1.29, 1.82) is 0 Å². The maximum atomic E-state index is 14.0. The van der Waals surface area contributed by atoms with E-state index in [-0.39, 0.29) is 18.5 Å². The molecule has 4 heteroatoms. The van der Waals surface area contributed by atoms with E-state index in [4.69, 9.17) is 4.74 Å². The first kappa shape index (κ1) is 14.9. The van der Waals surface area contributed by atoms with Crippen molar-refractivity contribution in [3.63, 3.8) is 0 Å². The Morgan fingerprint density at radius 3 is 2.72 bits per heavy atom. The highest BCUT2D eigenvalue weighted by molar-refractivity contribution is 5.55. The van der Waals surface area contributed by atoms with Gasteiger partial charge in [-0.05, 0) is 19.4 Å². The fourth-order valence-corrected chi connectivity index (χ4v) is 1.97. The lowest BCUT2D eigenvalue weighted by Crippen LogP contribution is -2.36. The molecule has 0 fully saturated rings. The zero-order chi connectivity index (χ0) is 13.5. The van der Waals surface area contributed by atoms with E-state index in [9.17, 15) is 9.50 Å². The van der Waals surface area contributed by atoms with E-state index in [1.165, 1.54) is 6.07 Å². The number of benzene rings is 1. The van der Waals surface area contributed by atoms with Gasteiger partial charge in [0, 0.05) is 25.3 Å². The zero-order valence-corrected chi connectivity index (χ0v) is 11.3. The molecule has 0 aliphatic rings. The summed E-state index contributed by atoms with van der Waals surface area (Å²) in [6, 6.07) is 5.00. The number of anilines is 1. The Morgan fingerprint density at radius 1 is 1.44 bits per heavy atom. The van der Waals surface area contributed by atoms with Crippen molar-refractivity contribution in [2.45, 2.75) is 32.9 Å². The molecule has 0 spiro atoms. The lowest BCUT2D eigenvalue weighted by Gasteiger charge is -2.32. The van der Waals surface area contributed by atoms with Crippen molar-refractivity contribution in [2.75, 3.05) is 25.2 Å². The summed E-state index contributed by atoms with van der Waals surface area (Å²) in [5.74, 6) is -0.294. The molecule has 0 heterocycles. The summed E-state index contributed by atoms with van der Waals surface area (Å²) in [5.41, 5.74) is 1.11. The third-order valence-corrected chi connectivity index (χ3v) is 3.19. The third kappa shape index (κ3) is 3.43. The molecule has 1 unspecified atom stereocenters. The second-order valence-corrected chi connectivity index (χ2v) is 4.35. The third-order valence-electron chi connectivity index (χ3n) is 3.19. The molecule has 0 amide bonds. The summed E-state index contributed by atoms with van der Waals surface area (Å²) in [4.78, 5) is 1.96. The first-order chi connectivity index (χ1) is 8.65. The number of halogens is 1. The molecule has 1 rings (SSSR count). The molecule has 0 saturated heterocycles. The van der Waals surface area contributed by atoms with Crippen molar-refractivity contribution in [3.8, 4) is 0 Å². The average molecular weight is 255 g/mol. The minimum absolute atomic E-state index is 0.160. The molecular formula is C14H22FNO2. The van der Waals surface area contributed by atoms with E-state index in [0.29, 0.717) is 24.4 Å². The maximum Gasteiger partial charge on any atom is 0.146 e. The molecule has 1 aromatic rings. The summed E-state index contributed by atoms with van der Waals surface area (Å²) in [5, 5.41) is 9.35. The van der Waals surface area contributed by atoms with Gasteiger partial charge in [-0.15, -0.1) is 0 Å². The smallest absolute Gasteiger partial charge is 0.146 e. The van der Waals surface area contributed by atoms with E-state index >= 15 is 0 Å². The summed E-state index contributed by atoms with van der Waals surface area (Å²) in [6.45, 7) is 5.09. The Bertz CT molecular complexity index is 371. The van der Waals surface area contributed by atoms with Gasteiger partial charge in [0.1, 0.15) is 5.82 Å². The highest BCUT2D eigenvalue weighted by atomic mass is 19.1. The van der Waals surface area contributed by atoms with Gasteiger partial charge in [0.25, 0.3) is 0 Å². The summed E-state index contributed by atoms with van der Waals surface area (Å²) >= 11 is 0. The van der Waals surface area contributed by atoms with Crippen molar-refractivity contribution in [3.05, 3.63) is 29.6 Å². The van der Waals surface area contributed by atoms with Gasteiger partial charge in [0.05, 0.1) is 18.9 Å². The molecule has 0 aliphatic heterocycles. The Kier molecular flexibility index (Phi) is 6.09. The molecule has 18 heavy (non-hydrogen) atoms. The number of hydrogen-bond acceptors (Lipinski definition) is 3. The Morgan fingerprint density at radius 2 is 2.17 bits per heavy atom. The topological polar surface area (TPSA) is 32.7 Å². The first-order valence-electron chi connectivity index (χ1n) is 6.29. The van der Waals surface area contributed by atoms with Gasteiger partial charge >= 0.3 is 0 Å². The molecule has 0 bridgehead atoms. The van der Waals surface area contributed by atoms with Crippen molar-refractivity contribution in [1.82, 2.24) is 0 Å². The van der Waals surface area contributed by atoms with Crippen LogP contribution >= 0.6 is 0 Å². The molecule has 1 N–H and O–H groups in total. The quantitative estimate of drug-likeness (QED) is 0.813. The van der Waals surface area contributed by atoms with E-state index in [1.807, 2.05) is 11.8 Å². The summed E-state index contributed by atoms with van der Waals surface area (Å²) in [6.07, 6.45) is 0.906. The fourth-order valence-electron chi connectivity index (χ4n) is 1.97. The lowest BCUT2D eigenvalue weighted by atomic mass is 10.1. The van der Waals surface area contributed by atoms with E-state index in [1.54, 1.807) is 19.2 Å². The van der Waals surface area contributed by atoms with Crippen LogP contribution in [0.1, 0.15) is 25.8 Å². The number of aliphatic hydroxyl groups is 1. The first-order valence-corrected chi connectivity index (χ1v) is 6.29. The number of ether oxygens (including phenoxy) is 1. The SMILES string of the molecule is CCC(C)N(CCOC)c1c(F)cccc1CO. The molecule has 3 nitrogen and oxygen atoms in total. The van der Waals surface area contributed by atoms with Crippen LogP contribution in [0.25, 0.3) is 0 Å². The van der Waals surface area contributed by atoms with Crippen LogP contribution < -0.4 is 4.90 Å². The minimum atomic E-state index is -0.294. The molecule has 0 saturated carbocycles. The Labute approximate surface area is 108 Å². The van der Waals surface area contributed by atoms with Gasteiger partial charge in [-0.25, -0.2) is 4.39 Å². The highest BCUT2D eigenvalue weighted by Crippen LogP contribution is 2.27. The van der Waals surface area contributed by atoms with Gasteiger partial charge < -0.3 is 14.7 Å². The Balaban J connectivity index is 3.10. The largest absolute Gasteiger partial charge is 0.392 e. The van der Waals surface area contributed by atoms with Gasteiger partial charge in [0.15, 0.2) is 0 Å². The molecule has 1 atom stereocenters. The van der Waals surface area contributed by atoms with Gasteiger partial charge in [-0.2, -0.15) is 0 Å². The lowest BCUT2D eigenvalue weighted by molar-refractivity contribution is 0.202. The number of nitrogens with zero attached hydrogens (tertiary/aromatic N) is 1. The highest BCUT2D eigenvalue weighted by Gasteiger charge is 2.19. The maximum absolute atomic E-state index is 14.0. The van der Waals surface area contributed by atoms with Crippen LogP contribution in [-0.2, 0) is 11.3 Å². The molecule has 0 aromatic heterocycles. The predicted octanol–water partition coefficient (Wildman–Crippen LogP) is 2.57. The van der Waals surface area contributed by atoms with Crippen LogP contribution in [-0.4, -0.2) is 31.4 Å². The van der Waals surface area contributed by atoms with Crippen molar-refractivity contribution in [2.24, 2.45) is 0 Å². The van der Waals surface area contributed by atoms with Crippen LogP contribution in [0.4, 0.5) is 10.1 Å². The molecule has 102 valence electrons. The fraction of sp³-hybridized carbons (Fsp3) is 0.571. The van der Waals surface area contributed by atoms with Crippen LogP contribution in [0.2, 0.25) is 0 Å². The van der Waals surface area contributed by atoms with Gasteiger partial charge in [-0.1, -0.05) is 19.1 Å². The van der Waals surface area contributed by atoms with E-state index in [2.05, 4.69) is 6.92 Å². The number of rotatable bonds is 7. The van der Waals surface area contributed by atoms with Crippen molar-refractivity contribution < 1.29 is 14.2 Å². The number of methoxy groups -OCH3 is 1. The molecule has 1 aromatic carbocycles. The standard InChI is InChI=1S/C14H22FNO2/c1-4-11(2)16(8-9-18-3)14-12(10-17)6-5-7-13(14)15/h5-7,11,17H,4,8-10H2,1-3H3. The second kappa shape index (κ2) is 7.34. The predicted molar refractivity (Wildman–Crippen MR) is 71.3 cm³/mol. The molecule has 0 aliphatic carbocycles. The van der Waals surface area contributed by atoms with Crippen LogP contribution in [0, 0.1) is 5.82 Å². The summed E-state index contributed by atoms with van der Waals surface area (Å²) in [7, 11) is 1.63. The monoisotopic (exact) mass is 255 g/mol. The number of para-hydroxylation sites is 1. The number of hydrogen-bond donors (Lipinski definition) is 1. The minimum Gasteiger partial charge on any atom is -0.392 e. The van der Waals surface area contributed by atoms with E-state index in [0.717, 1.165) is 6.42 Å². The zero-order valence-electron chi connectivity index (χ0n) is 11.3. The van der Waals surface area contributed by atoms with Gasteiger partial charge in [0.2, 0.25) is 0 Å². The normalized spacial score (nSPS) is 12.5. The molecular weight excluding hydrogens is 233 g/mol. The van der Waals surface area contributed by atoms with Crippen LogP contribution in [0.3, 0.4) is 0 Å². The Hall–Kier alpha value is -1.13. The molecule has 0 radical (unpaired) electrons. The van der Waals surface area contributed by atoms with Crippen molar-refractivity contribution >= 4 is 5.69 Å². The van der Waals surface area contributed by atoms with Crippen LogP contribution in [0.5, 0.6) is 0 Å². The number of aliphatic hydroxyl groups excluding tert-OH is 1. The second-order valence-electron chi connectivity index (χ2n) is 4.35. The average Bonchev–Trinajstić information content (AvgIpc) is 2.39. The van der Waals surface area contributed by atoms with Gasteiger partial charge in [-0.3, -0.25) is 0 Å². The summed E-state index contributed by atoms with van der Waals surface area (Å²) < 4.78 is 19.1.